The molecule has 0 aromatic heterocycles. The first-order valence-electron chi connectivity index (χ1n) is 5.73. The molecule has 3 nitrogen and oxygen atoms in total. The van der Waals surface area contributed by atoms with Gasteiger partial charge >= 0.3 is 0 Å². The summed E-state index contributed by atoms with van der Waals surface area (Å²) >= 11 is 0. The fraction of sp³-hybridized carbons (Fsp3) is 0.909. The summed E-state index contributed by atoms with van der Waals surface area (Å²) in [4.78, 5) is 13.7. The first kappa shape index (κ1) is 9.97. The molecule has 1 aliphatic heterocycles. The van der Waals surface area contributed by atoms with E-state index in [0.29, 0.717) is 6.54 Å². The van der Waals surface area contributed by atoms with Gasteiger partial charge in [0.05, 0.1) is 6.54 Å². The highest BCUT2D eigenvalue weighted by atomic mass is 16.2. The maximum absolute atomic E-state index is 11.7. The minimum Gasteiger partial charge on any atom is -0.341 e. The van der Waals surface area contributed by atoms with Crippen LogP contribution in [-0.4, -0.2) is 37.5 Å². The van der Waals surface area contributed by atoms with Crippen LogP contribution in [-0.2, 0) is 4.79 Å². The first-order valence-corrected chi connectivity index (χ1v) is 5.73. The summed E-state index contributed by atoms with van der Waals surface area (Å²) in [6.07, 6.45) is 5.42. The molecular weight excluding hydrogens is 176 g/mol. The van der Waals surface area contributed by atoms with Crippen molar-refractivity contribution in [3.05, 3.63) is 0 Å². The molecular formula is C11H20N2O. The molecule has 0 radical (unpaired) electrons. The van der Waals surface area contributed by atoms with Crippen LogP contribution >= 0.6 is 0 Å². The molecule has 2 atom stereocenters. The number of carbonyl (C=O) groups is 1. The van der Waals surface area contributed by atoms with E-state index in [4.69, 9.17) is 0 Å². The number of nitrogens with zero attached hydrogens (tertiary/aromatic N) is 1. The first-order chi connectivity index (χ1) is 6.81. The zero-order valence-electron chi connectivity index (χ0n) is 8.96. The van der Waals surface area contributed by atoms with Crippen molar-refractivity contribution >= 4 is 5.91 Å². The number of likely N-dealkylation sites (tertiary alicyclic amines) is 1. The molecule has 1 amide bonds. The highest BCUT2D eigenvalue weighted by molar-refractivity contribution is 5.78. The average molecular weight is 196 g/mol. The van der Waals surface area contributed by atoms with Crippen molar-refractivity contribution in [1.29, 1.82) is 0 Å². The fourth-order valence-electron chi connectivity index (χ4n) is 2.87. The summed E-state index contributed by atoms with van der Waals surface area (Å²) in [5.74, 6) is 1.90. The summed E-state index contributed by atoms with van der Waals surface area (Å²) in [7, 11) is 1.83. The predicted molar refractivity (Wildman–Crippen MR) is 56.0 cm³/mol. The molecule has 1 aliphatic carbocycles. The molecule has 1 saturated heterocycles. The van der Waals surface area contributed by atoms with E-state index in [2.05, 4.69) is 10.2 Å². The van der Waals surface area contributed by atoms with E-state index < -0.39 is 0 Å². The molecule has 0 unspecified atom stereocenters. The molecule has 0 aromatic rings. The monoisotopic (exact) mass is 196 g/mol. The molecule has 0 aromatic carbocycles. The molecule has 2 rings (SSSR count). The minimum absolute atomic E-state index is 0.280. The van der Waals surface area contributed by atoms with Crippen LogP contribution in [0.25, 0.3) is 0 Å². The van der Waals surface area contributed by atoms with Gasteiger partial charge in [0, 0.05) is 13.1 Å². The summed E-state index contributed by atoms with van der Waals surface area (Å²) in [5, 5.41) is 2.93. The van der Waals surface area contributed by atoms with Crippen molar-refractivity contribution in [3.8, 4) is 0 Å². The highest BCUT2D eigenvalue weighted by Crippen LogP contribution is 2.35. The van der Waals surface area contributed by atoms with E-state index in [-0.39, 0.29) is 5.91 Å². The number of nitrogens with one attached hydrogen (secondary N) is 1. The molecule has 1 saturated carbocycles. The van der Waals surface area contributed by atoms with Gasteiger partial charge in [0.2, 0.25) is 5.91 Å². The van der Waals surface area contributed by atoms with Crippen molar-refractivity contribution in [3.63, 3.8) is 0 Å². The third kappa shape index (κ3) is 1.92. The second-order valence-electron chi connectivity index (χ2n) is 4.63. The zero-order valence-corrected chi connectivity index (χ0v) is 8.96. The van der Waals surface area contributed by atoms with Gasteiger partial charge in [-0.3, -0.25) is 4.79 Å². The number of fused-ring (bicyclic) bond motifs is 1. The van der Waals surface area contributed by atoms with Crippen LogP contribution in [0.3, 0.4) is 0 Å². The maximum atomic E-state index is 11.7. The standard InChI is InChI=1S/C11H20N2O/c1-12-6-11(14)13-7-9-4-2-3-5-10(9)8-13/h9-10,12H,2-8H2,1H3/t9-,10+. The molecule has 14 heavy (non-hydrogen) atoms. The second-order valence-corrected chi connectivity index (χ2v) is 4.63. The van der Waals surface area contributed by atoms with Crippen molar-refractivity contribution < 1.29 is 4.79 Å². The normalized spacial score (nSPS) is 31.6. The number of likely N-dealkylation sites (N-methyl/N-ethyl adjacent to an activating group) is 1. The lowest BCUT2D eigenvalue weighted by atomic mass is 9.82. The Kier molecular flexibility index (Phi) is 3.06. The van der Waals surface area contributed by atoms with Crippen LogP contribution in [0.5, 0.6) is 0 Å². The topological polar surface area (TPSA) is 32.3 Å². The Morgan fingerprint density at radius 2 is 1.86 bits per heavy atom. The molecule has 1 N–H and O–H groups in total. The molecule has 2 aliphatic rings. The summed E-state index contributed by atoms with van der Waals surface area (Å²) in [6.45, 7) is 2.54. The van der Waals surface area contributed by atoms with Gasteiger partial charge in [-0.05, 0) is 31.7 Å². The molecule has 80 valence electrons. The second kappa shape index (κ2) is 4.30. The lowest BCUT2D eigenvalue weighted by Crippen LogP contribution is -2.35. The number of amides is 1. The minimum atomic E-state index is 0.280. The Morgan fingerprint density at radius 3 is 2.36 bits per heavy atom. The van der Waals surface area contributed by atoms with Gasteiger partial charge in [-0.15, -0.1) is 0 Å². The van der Waals surface area contributed by atoms with E-state index in [0.717, 1.165) is 24.9 Å². The molecule has 0 spiro atoms. The molecule has 2 fully saturated rings. The lowest BCUT2D eigenvalue weighted by molar-refractivity contribution is -0.129. The summed E-state index contributed by atoms with van der Waals surface area (Å²) < 4.78 is 0. The van der Waals surface area contributed by atoms with Crippen molar-refractivity contribution in [1.82, 2.24) is 10.2 Å². The predicted octanol–water partition coefficient (Wildman–Crippen LogP) is 0.854. The highest BCUT2D eigenvalue weighted by Gasteiger charge is 2.35. The van der Waals surface area contributed by atoms with Gasteiger partial charge < -0.3 is 10.2 Å². The van der Waals surface area contributed by atoms with Gasteiger partial charge in [-0.2, -0.15) is 0 Å². The van der Waals surface area contributed by atoms with E-state index in [1.807, 2.05) is 7.05 Å². The lowest BCUT2D eigenvalue weighted by Gasteiger charge is -2.22. The SMILES string of the molecule is CNCC(=O)N1C[C@H]2CCCC[C@H]2C1. The third-order valence-electron chi connectivity index (χ3n) is 3.66. The Balaban J connectivity index is 1.89. The van der Waals surface area contributed by atoms with Crippen LogP contribution in [0.15, 0.2) is 0 Å². The molecule has 1 heterocycles. The fourth-order valence-corrected chi connectivity index (χ4v) is 2.87. The molecule has 3 heteroatoms. The number of carbonyl (C=O) groups excluding carboxylic acids is 1. The van der Waals surface area contributed by atoms with Gasteiger partial charge in [0.15, 0.2) is 0 Å². The van der Waals surface area contributed by atoms with Gasteiger partial charge in [-0.25, -0.2) is 0 Å². The van der Waals surface area contributed by atoms with Crippen molar-refractivity contribution in [2.24, 2.45) is 11.8 Å². The van der Waals surface area contributed by atoms with Crippen LogP contribution in [0.4, 0.5) is 0 Å². The Labute approximate surface area is 85.8 Å². The van der Waals surface area contributed by atoms with Crippen LogP contribution in [0.1, 0.15) is 25.7 Å². The van der Waals surface area contributed by atoms with Crippen LogP contribution in [0, 0.1) is 11.8 Å². The van der Waals surface area contributed by atoms with Gasteiger partial charge in [0.1, 0.15) is 0 Å². The third-order valence-corrected chi connectivity index (χ3v) is 3.66. The maximum Gasteiger partial charge on any atom is 0.236 e. The quantitative estimate of drug-likeness (QED) is 0.710. The van der Waals surface area contributed by atoms with E-state index in [1.54, 1.807) is 0 Å². The molecule has 0 bridgehead atoms. The average Bonchev–Trinajstić information content (AvgIpc) is 2.61. The van der Waals surface area contributed by atoms with Crippen LogP contribution < -0.4 is 5.32 Å². The zero-order chi connectivity index (χ0) is 9.97. The number of hydrogen-bond acceptors (Lipinski definition) is 2. The van der Waals surface area contributed by atoms with Gasteiger partial charge in [-0.1, -0.05) is 12.8 Å². The van der Waals surface area contributed by atoms with Crippen molar-refractivity contribution in [2.75, 3.05) is 26.7 Å². The summed E-state index contributed by atoms with van der Waals surface area (Å²) in [6, 6.07) is 0. The Morgan fingerprint density at radius 1 is 1.29 bits per heavy atom. The smallest absolute Gasteiger partial charge is 0.236 e. The number of rotatable bonds is 2. The number of hydrogen-bond donors (Lipinski definition) is 1. The Hall–Kier alpha value is -0.570. The van der Waals surface area contributed by atoms with Crippen LogP contribution in [0.2, 0.25) is 0 Å². The van der Waals surface area contributed by atoms with E-state index in [1.165, 1.54) is 25.7 Å². The van der Waals surface area contributed by atoms with Crippen molar-refractivity contribution in [2.45, 2.75) is 25.7 Å². The van der Waals surface area contributed by atoms with Gasteiger partial charge in [0.25, 0.3) is 0 Å². The summed E-state index contributed by atoms with van der Waals surface area (Å²) in [5.41, 5.74) is 0. The Bertz CT molecular complexity index is 203. The largest absolute Gasteiger partial charge is 0.341 e. The van der Waals surface area contributed by atoms with E-state index >= 15 is 0 Å². The van der Waals surface area contributed by atoms with E-state index in [9.17, 15) is 4.79 Å².